The first-order chi connectivity index (χ1) is 14.0. The number of nitrogens with zero attached hydrogens (tertiary/aromatic N) is 1. The molecule has 5 nitrogen and oxygen atoms in total. The Morgan fingerprint density at radius 3 is 2.48 bits per heavy atom. The first-order valence-electron chi connectivity index (χ1n) is 8.89. The summed E-state index contributed by atoms with van der Waals surface area (Å²) in [6.45, 7) is 2.34. The molecular weight excluding hydrogens is 434 g/mol. The molecule has 0 saturated heterocycles. The van der Waals surface area contributed by atoms with Crippen molar-refractivity contribution < 1.29 is 19.4 Å². The molecule has 0 bridgehead atoms. The average molecular weight is 454 g/mol. The molecule has 3 aromatic carbocycles. The number of rotatable bonds is 7. The number of carboxylic acid groups (broad SMARTS) is 1. The van der Waals surface area contributed by atoms with E-state index in [4.69, 9.17) is 14.6 Å². The van der Waals surface area contributed by atoms with E-state index in [0.29, 0.717) is 18.1 Å². The quantitative estimate of drug-likeness (QED) is 0.459. The van der Waals surface area contributed by atoms with Gasteiger partial charge in [0.05, 0.1) is 18.4 Å². The molecule has 148 valence electrons. The number of aliphatic imine (C=N–C) groups is 1. The highest BCUT2D eigenvalue weighted by molar-refractivity contribution is 9.10. The molecule has 0 amide bonds. The predicted molar refractivity (Wildman–Crippen MR) is 117 cm³/mol. The van der Waals surface area contributed by atoms with Crippen LogP contribution in [0.5, 0.6) is 11.5 Å². The van der Waals surface area contributed by atoms with Gasteiger partial charge in [0.15, 0.2) is 11.5 Å². The molecule has 0 spiro atoms. The smallest absolute Gasteiger partial charge is 0.335 e. The summed E-state index contributed by atoms with van der Waals surface area (Å²) in [5, 5.41) is 8.96. The SMILES string of the molecule is COc1cc(C=Nc2ccc(C)cc2Br)ccc1OCc1ccc(C(=O)O)cc1. The number of hydrogen-bond acceptors (Lipinski definition) is 4. The number of ether oxygens (including phenoxy) is 2. The van der Waals surface area contributed by atoms with Crippen LogP contribution in [0, 0.1) is 6.92 Å². The third-order valence-corrected chi connectivity index (χ3v) is 4.87. The van der Waals surface area contributed by atoms with Gasteiger partial charge in [-0.1, -0.05) is 18.2 Å². The van der Waals surface area contributed by atoms with Crippen molar-refractivity contribution in [3.8, 4) is 11.5 Å². The Hall–Kier alpha value is -3.12. The zero-order valence-corrected chi connectivity index (χ0v) is 17.6. The lowest BCUT2D eigenvalue weighted by atomic mass is 10.1. The van der Waals surface area contributed by atoms with E-state index in [1.807, 2.05) is 43.3 Å². The van der Waals surface area contributed by atoms with Gasteiger partial charge in [-0.05, 0) is 82.0 Å². The molecule has 0 aliphatic carbocycles. The van der Waals surface area contributed by atoms with Gasteiger partial charge in [0, 0.05) is 10.7 Å². The van der Waals surface area contributed by atoms with Crippen molar-refractivity contribution in [3.05, 3.63) is 87.4 Å². The van der Waals surface area contributed by atoms with Crippen molar-refractivity contribution >= 4 is 33.8 Å². The number of aromatic carboxylic acids is 1. The van der Waals surface area contributed by atoms with Crippen LogP contribution < -0.4 is 9.47 Å². The summed E-state index contributed by atoms with van der Waals surface area (Å²) in [5.74, 6) is 0.247. The van der Waals surface area contributed by atoms with E-state index in [2.05, 4.69) is 20.9 Å². The van der Waals surface area contributed by atoms with Gasteiger partial charge in [-0.15, -0.1) is 0 Å². The summed E-state index contributed by atoms with van der Waals surface area (Å²) in [7, 11) is 1.58. The molecule has 0 fully saturated rings. The van der Waals surface area contributed by atoms with Crippen molar-refractivity contribution in [2.24, 2.45) is 4.99 Å². The summed E-state index contributed by atoms with van der Waals surface area (Å²) in [5.41, 5.74) is 4.01. The van der Waals surface area contributed by atoms with Gasteiger partial charge in [0.25, 0.3) is 0 Å². The topological polar surface area (TPSA) is 68.1 Å². The minimum Gasteiger partial charge on any atom is -0.493 e. The minimum absolute atomic E-state index is 0.246. The van der Waals surface area contributed by atoms with Crippen molar-refractivity contribution in [2.75, 3.05) is 7.11 Å². The summed E-state index contributed by atoms with van der Waals surface area (Å²) in [6, 6.07) is 18.2. The number of halogens is 1. The van der Waals surface area contributed by atoms with E-state index < -0.39 is 5.97 Å². The van der Waals surface area contributed by atoms with E-state index in [9.17, 15) is 4.79 Å². The molecule has 1 N–H and O–H groups in total. The zero-order chi connectivity index (χ0) is 20.8. The third-order valence-electron chi connectivity index (χ3n) is 4.24. The predicted octanol–water partition coefficient (Wildman–Crippen LogP) is 5.79. The number of benzene rings is 3. The second kappa shape index (κ2) is 9.39. The summed E-state index contributed by atoms with van der Waals surface area (Å²) < 4.78 is 12.2. The minimum atomic E-state index is -0.950. The molecular formula is C23H20BrNO4. The van der Waals surface area contributed by atoms with Crippen LogP contribution in [-0.4, -0.2) is 24.4 Å². The fraction of sp³-hybridized carbons (Fsp3) is 0.130. The number of aryl methyl sites for hydroxylation is 1. The highest BCUT2D eigenvalue weighted by Crippen LogP contribution is 2.30. The van der Waals surface area contributed by atoms with Crippen LogP contribution >= 0.6 is 15.9 Å². The Morgan fingerprint density at radius 2 is 1.83 bits per heavy atom. The van der Waals surface area contributed by atoms with E-state index in [0.717, 1.165) is 26.9 Å². The zero-order valence-electron chi connectivity index (χ0n) is 16.1. The average Bonchev–Trinajstić information content (AvgIpc) is 2.72. The van der Waals surface area contributed by atoms with Gasteiger partial charge >= 0.3 is 5.97 Å². The van der Waals surface area contributed by atoms with Crippen LogP contribution in [0.15, 0.2) is 70.1 Å². The Balaban J connectivity index is 1.71. The number of carbonyl (C=O) groups is 1. The Bertz CT molecular complexity index is 1050. The fourth-order valence-corrected chi connectivity index (χ4v) is 3.24. The van der Waals surface area contributed by atoms with E-state index in [1.54, 1.807) is 37.6 Å². The Labute approximate surface area is 177 Å². The van der Waals surface area contributed by atoms with Gasteiger partial charge in [-0.3, -0.25) is 4.99 Å². The number of hydrogen-bond donors (Lipinski definition) is 1. The van der Waals surface area contributed by atoms with Crippen LogP contribution in [0.4, 0.5) is 5.69 Å². The number of methoxy groups -OCH3 is 1. The molecule has 0 saturated carbocycles. The molecule has 0 radical (unpaired) electrons. The van der Waals surface area contributed by atoms with Gasteiger partial charge in [0.2, 0.25) is 0 Å². The lowest BCUT2D eigenvalue weighted by molar-refractivity contribution is 0.0697. The summed E-state index contributed by atoms with van der Waals surface area (Å²) in [4.78, 5) is 15.4. The van der Waals surface area contributed by atoms with Crippen LogP contribution in [0.25, 0.3) is 0 Å². The molecule has 0 atom stereocenters. The largest absolute Gasteiger partial charge is 0.493 e. The lowest BCUT2D eigenvalue weighted by Crippen LogP contribution is -2.00. The molecule has 0 aromatic heterocycles. The van der Waals surface area contributed by atoms with Crippen LogP contribution in [-0.2, 0) is 6.61 Å². The maximum absolute atomic E-state index is 10.9. The van der Waals surface area contributed by atoms with Crippen molar-refractivity contribution in [1.29, 1.82) is 0 Å². The molecule has 0 aliphatic heterocycles. The van der Waals surface area contributed by atoms with Crippen molar-refractivity contribution in [2.45, 2.75) is 13.5 Å². The Kier molecular flexibility index (Phi) is 6.67. The second-order valence-electron chi connectivity index (χ2n) is 6.41. The molecule has 29 heavy (non-hydrogen) atoms. The van der Waals surface area contributed by atoms with Gasteiger partial charge < -0.3 is 14.6 Å². The maximum Gasteiger partial charge on any atom is 0.335 e. The van der Waals surface area contributed by atoms with Crippen LogP contribution in [0.1, 0.15) is 27.0 Å². The molecule has 6 heteroatoms. The molecule has 0 aliphatic rings. The van der Waals surface area contributed by atoms with Gasteiger partial charge in [0.1, 0.15) is 6.61 Å². The normalized spacial score (nSPS) is 10.9. The van der Waals surface area contributed by atoms with Crippen molar-refractivity contribution in [3.63, 3.8) is 0 Å². The highest BCUT2D eigenvalue weighted by Gasteiger charge is 2.07. The highest BCUT2D eigenvalue weighted by atomic mass is 79.9. The lowest BCUT2D eigenvalue weighted by Gasteiger charge is -2.11. The Morgan fingerprint density at radius 1 is 1.07 bits per heavy atom. The van der Waals surface area contributed by atoms with Crippen molar-refractivity contribution in [1.82, 2.24) is 0 Å². The fourth-order valence-electron chi connectivity index (χ4n) is 2.65. The third kappa shape index (κ3) is 5.45. The van der Waals surface area contributed by atoms with Crippen LogP contribution in [0.3, 0.4) is 0 Å². The summed E-state index contributed by atoms with van der Waals surface area (Å²) >= 11 is 3.52. The monoisotopic (exact) mass is 453 g/mol. The van der Waals surface area contributed by atoms with E-state index >= 15 is 0 Å². The molecule has 3 rings (SSSR count). The maximum atomic E-state index is 10.9. The molecule has 3 aromatic rings. The van der Waals surface area contributed by atoms with Gasteiger partial charge in [-0.2, -0.15) is 0 Å². The van der Waals surface area contributed by atoms with Crippen LogP contribution in [0.2, 0.25) is 0 Å². The molecule has 0 unspecified atom stereocenters. The van der Waals surface area contributed by atoms with E-state index in [-0.39, 0.29) is 5.56 Å². The molecule has 0 heterocycles. The standard InChI is InChI=1S/C23H20BrNO4/c1-15-3-9-20(19(24)11-15)25-13-17-6-10-21(22(12-17)28-2)29-14-16-4-7-18(8-5-16)23(26)27/h3-13H,14H2,1-2H3,(H,26,27). The first-order valence-corrected chi connectivity index (χ1v) is 9.69. The second-order valence-corrected chi connectivity index (χ2v) is 7.27. The summed E-state index contributed by atoms with van der Waals surface area (Å²) in [6.07, 6.45) is 1.77. The number of carboxylic acids is 1. The first kappa shape index (κ1) is 20.6. The van der Waals surface area contributed by atoms with Gasteiger partial charge in [-0.25, -0.2) is 4.79 Å². The van der Waals surface area contributed by atoms with E-state index in [1.165, 1.54) is 0 Å².